The second kappa shape index (κ2) is 31.1. The van der Waals surface area contributed by atoms with E-state index in [-0.39, 0.29) is 42.1 Å². The van der Waals surface area contributed by atoms with E-state index >= 15 is 0 Å². The van der Waals surface area contributed by atoms with Crippen molar-refractivity contribution >= 4 is 10.4 Å². The first-order chi connectivity index (χ1) is 17.5. The van der Waals surface area contributed by atoms with Crippen LogP contribution in [0.15, 0.2) is 12.2 Å². The van der Waals surface area contributed by atoms with E-state index in [1.54, 1.807) is 0 Å². The zero-order valence-electron chi connectivity index (χ0n) is 25.2. The van der Waals surface area contributed by atoms with E-state index < -0.39 is 10.4 Å². The minimum absolute atomic E-state index is 0. The van der Waals surface area contributed by atoms with Gasteiger partial charge in [0.1, 0.15) is 0 Å². The van der Waals surface area contributed by atoms with Crippen LogP contribution in [-0.4, -0.2) is 19.6 Å². The van der Waals surface area contributed by atoms with Gasteiger partial charge in [-0.05, 0) is 19.3 Å². The van der Waals surface area contributed by atoms with Gasteiger partial charge in [-0.2, -0.15) is 0 Å². The summed E-state index contributed by atoms with van der Waals surface area (Å²) in [6.07, 6.45) is 36.8. The Hall–Kier alpha value is 0.610. The normalized spacial score (nSPS) is 12.7. The summed E-state index contributed by atoms with van der Waals surface area (Å²) in [6, 6.07) is 0. The Bertz CT molecular complexity index is 566. The minimum atomic E-state index is -4.61. The molecule has 0 saturated carbocycles. The molecule has 0 spiro atoms. The summed E-state index contributed by atoms with van der Waals surface area (Å²) < 4.78 is 37.0. The first kappa shape index (κ1) is 39.8. The first-order valence-electron chi connectivity index (χ1n) is 15.8. The van der Waals surface area contributed by atoms with Gasteiger partial charge >= 0.3 is 29.6 Å². The largest absolute Gasteiger partial charge is 1.00 e. The summed E-state index contributed by atoms with van der Waals surface area (Å²) in [5.74, 6) is 0.0192. The predicted octanol–water partition coefficient (Wildman–Crippen LogP) is 7.43. The van der Waals surface area contributed by atoms with Gasteiger partial charge in [0.05, 0.1) is 6.61 Å². The second-order valence-electron chi connectivity index (χ2n) is 10.9. The van der Waals surface area contributed by atoms with Gasteiger partial charge in [-0.15, -0.1) is 0 Å². The summed E-state index contributed by atoms with van der Waals surface area (Å²) in [5.41, 5.74) is 0. The average Bonchev–Trinajstić information content (AvgIpc) is 2.85. The van der Waals surface area contributed by atoms with Gasteiger partial charge in [-0.1, -0.05) is 167 Å². The van der Waals surface area contributed by atoms with Crippen molar-refractivity contribution in [2.24, 2.45) is 5.92 Å². The minimum Gasteiger partial charge on any atom is -0.726 e. The van der Waals surface area contributed by atoms with Gasteiger partial charge in [0.25, 0.3) is 0 Å². The molecule has 0 saturated heterocycles. The molecule has 1 unspecified atom stereocenters. The Morgan fingerprint density at radius 3 is 1.32 bits per heavy atom. The van der Waals surface area contributed by atoms with Crippen molar-refractivity contribution in [2.45, 2.75) is 174 Å². The Kier molecular flexibility index (Phi) is 33.5. The van der Waals surface area contributed by atoms with Gasteiger partial charge in [0.15, 0.2) is 0 Å². The van der Waals surface area contributed by atoms with Crippen LogP contribution in [0, 0.1) is 5.92 Å². The summed E-state index contributed by atoms with van der Waals surface area (Å²) in [5, 5.41) is 0. The number of hydrogen-bond donors (Lipinski definition) is 0. The molecule has 0 aromatic heterocycles. The standard InChI is InChI=1S/C31H62O4S.Na/c1-3-5-7-9-11-12-13-14-15-16-17-18-19-20-21-22-23-25-27-29-31(30-35-36(32,33)34)28-26-24-10-8-6-4-2;/h27,29,31H,3-26,28,30H2,1-2H3,(H,32,33,34);/q;+1/p-1/b29-27+;. The number of hydrogen-bond acceptors (Lipinski definition) is 4. The van der Waals surface area contributed by atoms with Crippen LogP contribution in [0.3, 0.4) is 0 Å². The monoisotopic (exact) mass is 552 g/mol. The molecule has 0 aliphatic heterocycles. The molecule has 0 amide bonds. The molecule has 37 heavy (non-hydrogen) atoms. The van der Waals surface area contributed by atoms with E-state index in [1.165, 1.54) is 135 Å². The van der Waals surface area contributed by atoms with Crippen LogP contribution >= 0.6 is 0 Å². The Labute approximate surface area is 254 Å². The molecule has 0 radical (unpaired) electrons. The van der Waals surface area contributed by atoms with Gasteiger partial charge in [-0.25, -0.2) is 8.42 Å². The van der Waals surface area contributed by atoms with Crippen molar-refractivity contribution in [3.8, 4) is 0 Å². The van der Waals surface area contributed by atoms with E-state index in [1.807, 2.05) is 0 Å². The van der Waals surface area contributed by atoms with Crippen molar-refractivity contribution in [3.63, 3.8) is 0 Å². The van der Waals surface area contributed by atoms with E-state index in [0.29, 0.717) is 0 Å². The van der Waals surface area contributed by atoms with E-state index in [2.05, 4.69) is 30.2 Å². The van der Waals surface area contributed by atoms with E-state index in [0.717, 1.165) is 25.7 Å². The Morgan fingerprint density at radius 2 is 0.946 bits per heavy atom. The quantitative estimate of drug-likeness (QED) is 0.0318. The van der Waals surface area contributed by atoms with Crippen LogP contribution in [0.2, 0.25) is 0 Å². The first-order valence-corrected chi connectivity index (χ1v) is 17.1. The molecule has 4 nitrogen and oxygen atoms in total. The number of rotatable bonds is 29. The summed E-state index contributed by atoms with van der Waals surface area (Å²) in [4.78, 5) is 0. The van der Waals surface area contributed by atoms with Crippen LogP contribution in [0.4, 0.5) is 0 Å². The van der Waals surface area contributed by atoms with Crippen molar-refractivity contribution in [1.29, 1.82) is 0 Å². The molecule has 0 N–H and O–H groups in total. The van der Waals surface area contributed by atoms with Crippen molar-refractivity contribution in [2.75, 3.05) is 6.61 Å². The topological polar surface area (TPSA) is 66.4 Å². The van der Waals surface area contributed by atoms with Gasteiger partial charge in [0.2, 0.25) is 10.4 Å². The fourth-order valence-electron chi connectivity index (χ4n) is 4.87. The number of allylic oxidation sites excluding steroid dienone is 1. The van der Waals surface area contributed by atoms with Crippen molar-refractivity contribution in [3.05, 3.63) is 12.2 Å². The van der Waals surface area contributed by atoms with Gasteiger partial charge < -0.3 is 4.55 Å². The smallest absolute Gasteiger partial charge is 0.726 e. The van der Waals surface area contributed by atoms with Crippen LogP contribution in [-0.2, 0) is 14.6 Å². The molecule has 0 heterocycles. The molecule has 6 heteroatoms. The molecule has 0 bridgehead atoms. The fourth-order valence-corrected chi connectivity index (χ4v) is 5.21. The van der Waals surface area contributed by atoms with Gasteiger partial charge in [0, 0.05) is 5.92 Å². The maximum absolute atomic E-state index is 10.8. The van der Waals surface area contributed by atoms with Crippen molar-refractivity contribution in [1.82, 2.24) is 0 Å². The van der Waals surface area contributed by atoms with E-state index in [4.69, 9.17) is 0 Å². The third-order valence-electron chi connectivity index (χ3n) is 7.24. The zero-order valence-corrected chi connectivity index (χ0v) is 28.0. The molecule has 0 fully saturated rings. The maximum Gasteiger partial charge on any atom is 1.00 e. The second-order valence-corrected chi connectivity index (χ2v) is 11.9. The van der Waals surface area contributed by atoms with Crippen LogP contribution in [0.25, 0.3) is 0 Å². The SMILES string of the molecule is CCCCCCCCCCCCCCCCCCC/C=C/C(CCCCCCCC)COS(=O)(=O)[O-].[Na+]. The summed E-state index contributed by atoms with van der Waals surface area (Å²) in [6.45, 7) is 4.47. The molecule has 0 aliphatic rings. The van der Waals surface area contributed by atoms with Crippen molar-refractivity contribution < 1.29 is 46.7 Å². The summed E-state index contributed by atoms with van der Waals surface area (Å²) in [7, 11) is -4.61. The molecule has 0 aliphatic carbocycles. The fraction of sp³-hybridized carbons (Fsp3) is 0.935. The third kappa shape index (κ3) is 34.6. The molecular weight excluding hydrogens is 491 g/mol. The predicted molar refractivity (Wildman–Crippen MR) is 155 cm³/mol. The molecule has 0 aromatic rings. The van der Waals surface area contributed by atoms with Crippen LogP contribution < -0.4 is 29.6 Å². The maximum atomic E-state index is 10.8. The van der Waals surface area contributed by atoms with Crippen LogP contribution in [0.5, 0.6) is 0 Å². The molecule has 0 rings (SSSR count). The number of unbranched alkanes of at least 4 members (excludes halogenated alkanes) is 22. The van der Waals surface area contributed by atoms with Crippen LogP contribution in [0.1, 0.15) is 174 Å². The molecule has 1 atom stereocenters. The van der Waals surface area contributed by atoms with Gasteiger partial charge in [-0.3, -0.25) is 4.18 Å². The molecule has 216 valence electrons. The van der Waals surface area contributed by atoms with E-state index in [9.17, 15) is 13.0 Å². The zero-order chi connectivity index (χ0) is 26.6. The summed E-state index contributed by atoms with van der Waals surface area (Å²) >= 11 is 0. The molecule has 0 aromatic carbocycles. The average molecular weight is 553 g/mol. The Balaban J connectivity index is 0. The molecular formula is C31H61NaO4S. The Morgan fingerprint density at radius 1 is 0.595 bits per heavy atom. The third-order valence-corrected chi connectivity index (χ3v) is 7.66.